The average Bonchev–Trinajstić information content (AvgIpc) is 2.58. The van der Waals surface area contributed by atoms with Gasteiger partial charge in [-0.2, -0.15) is 0 Å². The van der Waals surface area contributed by atoms with Crippen LogP contribution in [0.1, 0.15) is 11.1 Å². The van der Waals surface area contributed by atoms with Crippen molar-refractivity contribution in [1.82, 2.24) is 4.90 Å². The van der Waals surface area contributed by atoms with Crippen molar-refractivity contribution in [3.63, 3.8) is 0 Å². The van der Waals surface area contributed by atoms with Gasteiger partial charge in [0.05, 0.1) is 8.95 Å². The van der Waals surface area contributed by atoms with E-state index in [0.29, 0.717) is 33.2 Å². The van der Waals surface area contributed by atoms with Crippen LogP contribution in [0.5, 0.6) is 0 Å². The smallest absolute Gasteiger partial charge is 0.187 e. The quantitative estimate of drug-likeness (QED) is 0.529. The van der Waals surface area contributed by atoms with E-state index in [9.17, 15) is 13.6 Å². The minimum atomic E-state index is -0.346. The predicted octanol–water partition coefficient (Wildman–Crippen LogP) is 5.47. The summed E-state index contributed by atoms with van der Waals surface area (Å²) in [7, 11) is 1.93. The predicted molar refractivity (Wildman–Crippen MR) is 107 cm³/mol. The highest BCUT2D eigenvalue weighted by Gasteiger charge is 2.24. The number of carbonyl (C=O) groups is 1. The number of hydrogen-bond donors (Lipinski definition) is 0. The van der Waals surface area contributed by atoms with E-state index < -0.39 is 0 Å². The lowest BCUT2D eigenvalue weighted by molar-refractivity contribution is -0.113. The van der Waals surface area contributed by atoms with Gasteiger partial charge < -0.3 is 0 Å². The molecule has 0 radical (unpaired) electrons. The van der Waals surface area contributed by atoms with Gasteiger partial charge in [-0.15, -0.1) is 0 Å². The summed E-state index contributed by atoms with van der Waals surface area (Å²) in [6.45, 7) is 1.02. The molecular weight excluding hydrogens is 468 g/mol. The number of carbonyl (C=O) groups excluding carboxylic acids is 1. The molecule has 6 heteroatoms. The van der Waals surface area contributed by atoms with E-state index in [1.807, 2.05) is 11.9 Å². The molecule has 2 nitrogen and oxygen atoms in total. The van der Waals surface area contributed by atoms with Crippen molar-refractivity contribution in [2.75, 3.05) is 20.1 Å². The number of likely N-dealkylation sites (tertiary alicyclic amines) is 1. The molecule has 1 heterocycles. The first kappa shape index (κ1) is 19.1. The second-order valence-corrected chi connectivity index (χ2v) is 7.90. The lowest BCUT2D eigenvalue weighted by Crippen LogP contribution is -2.34. The molecule has 0 atom stereocenters. The average molecular weight is 483 g/mol. The summed E-state index contributed by atoms with van der Waals surface area (Å²) < 4.78 is 27.5. The number of benzene rings is 2. The summed E-state index contributed by atoms with van der Waals surface area (Å²) >= 11 is 6.32. The number of hydrogen-bond acceptors (Lipinski definition) is 2. The highest BCUT2D eigenvalue weighted by molar-refractivity contribution is 9.10. The standard InChI is InChI=1S/C20H15Br2F2NO/c1-25-10-14(6-12-2-4-18(23)16(21)8-12)20(26)15(11-25)7-13-3-5-19(24)17(22)9-13/h2-9H,10-11H2,1H3. The third-order valence-electron chi connectivity index (χ3n) is 4.03. The third kappa shape index (κ3) is 4.37. The van der Waals surface area contributed by atoms with Crippen LogP contribution in [-0.4, -0.2) is 30.8 Å². The van der Waals surface area contributed by atoms with Gasteiger partial charge in [-0.1, -0.05) is 12.1 Å². The van der Waals surface area contributed by atoms with Crippen molar-refractivity contribution < 1.29 is 13.6 Å². The molecule has 0 unspecified atom stereocenters. The topological polar surface area (TPSA) is 20.3 Å². The van der Waals surface area contributed by atoms with Crippen LogP contribution in [0.3, 0.4) is 0 Å². The fourth-order valence-electron chi connectivity index (χ4n) is 2.82. The van der Waals surface area contributed by atoms with Crippen molar-refractivity contribution >= 4 is 49.8 Å². The van der Waals surface area contributed by atoms with Gasteiger partial charge in [0, 0.05) is 24.2 Å². The summed E-state index contributed by atoms with van der Waals surface area (Å²) in [4.78, 5) is 14.9. The fourth-order valence-corrected chi connectivity index (χ4v) is 3.61. The van der Waals surface area contributed by atoms with E-state index >= 15 is 0 Å². The maximum atomic E-state index is 13.4. The molecular formula is C20H15Br2F2NO. The summed E-state index contributed by atoms with van der Waals surface area (Å²) in [5.74, 6) is -0.743. The lowest BCUT2D eigenvalue weighted by atomic mass is 9.94. The number of piperidine rings is 1. The molecule has 0 spiro atoms. The number of halogens is 4. The van der Waals surface area contributed by atoms with Crippen LogP contribution in [0.25, 0.3) is 12.2 Å². The first-order valence-electron chi connectivity index (χ1n) is 7.88. The minimum absolute atomic E-state index is 0.0519. The molecule has 1 aliphatic heterocycles. The Kier molecular flexibility index (Phi) is 5.85. The number of likely N-dealkylation sites (N-methyl/N-ethyl adjacent to an activating group) is 1. The third-order valence-corrected chi connectivity index (χ3v) is 5.25. The van der Waals surface area contributed by atoms with E-state index in [1.165, 1.54) is 12.1 Å². The molecule has 0 saturated carbocycles. The Bertz CT molecular complexity index is 864. The molecule has 1 aliphatic rings. The van der Waals surface area contributed by atoms with Crippen molar-refractivity contribution in [2.24, 2.45) is 0 Å². The van der Waals surface area contributed by atoms with E-state index in [1.54, 1.807) is 36.4 Å². The van der Waals surface area contributed by atoms with Crippen molar-refractivity contribution in [1.29, 1.82) is 0 Å². The zero-order valence-corrected chi connectivity index (χ0v) is 17.1. The molecule has 0 aliphatic carbocycles. The largest absolute Gasteiger partial charge is 0.298 e. The van der Waals surface area contributed by atoms with Crippen molar-refractivity contribution in [3.05, 3.63) is 79.3 Å². The summed E-state index contributed by atoms with van der Waals surface area (Å²) in [5.41, 5.74) is 2.76. The molecule has 26 heavy (non-hydrogen) atoms. The van der Waals surface area contributed by atoms with Gasteiger partial charge >= 0.3 is 0 Å². The van der Waals surface area contributed by atoms with Crippen LogP contribution in [-0.2, 0) is 4.79 Å². The van der Waals surface area contributed by atoms with Crippen LogP contribution >= 0.6 is 31.9 Å². The van der Waals surface area contributed by atoms with Gasteiger partial charge in [0.1, 0.15) is 11.6 Å². The van der Waals surface area contributed by atoms with Crippen molar-refractivity contribution in [3.8, 4) is 0 Å². The molecule has 0 bridgehead atoms. The molecule has 1 fully saturated rings. The molecule has 2 aromatic rings. The minimum Gasteiger partial charge on any atom is -0.298 e. The van der Waals surface area contributed by atoms with Gasteiger partial charge in [0.15, 0.2) is 5.78 Å². The Balaban J connectivity index is 1.94. The molecule has 1 saturated heterocycles. The Morgan fingerprint density at radius 3 is 1.69 bits per heavy atom. The van der Waals surface area contributed by atoms with E-state index in [0.717, 1.165) is 11.1 Å². The van der Waals surface area contributed by atoms with Crippen molar-refractivity contribution in [2.45, 2.75) is 0 Å². The van der Waals surface area contributed by atoms with Crippen LogP contribution < -0.4 is 0 Å². The maximum absolute atomic E-state index is 13.4. The first-order valence-corrected chi connectivity index (χ1v) is 9.46. The number of Topliss-reactive ketones (excluding diaryl/α,β-unsaturated/α-hetero) is 1. The SMILES string of the molecule is CN1CC(=Cc2ccc(F)c(Br)c2)C(=O)C(=Cc2ccc(F)c(Br)c2)C1. The fraction of sp³-hybridized carbons (Fsp3) is 0.150. The lowest BCUT2D eigenvalue weighted by Gasteiger charge is -2.26. The van der Waals surface area contributed by atoms with Crippen LogP contribution in [0, 0.1) is 11.6 Å². The normalized spacial score (nSPS) is 18.7. The number of nitrogens with zero attached hydrogens (tertiary/aromatic N) is 1. The maximum Gasteiger partial charge on any atom is 0.187 e. The Morgan fingerprint density at radius 2 is 1.31 bits per heavy atom. The van der Waals surface area contributed by atoms with Crippen LogP contribution in [0.4, 0.5) is 8.78 Å². The molecule has 2 aromatic carbocycles. The highest BCUT2D eigenvalue weighted by atomic mass is 79.9. The van der Waals surface area contributed by atoms with Gasteiger partial charge in [0.25, 0.3) is 0 Å². The monoisotopic (exact) mass is 481 g/mol. The van der Waals surface area contributed by atoms with Gasteiger partial charge in [-0.25, -0.2) is 8.78 Å². The Hall–Kier alpha value is -1.63. The van der Waals surface area contributed by atoms with E-state index in [2.05, 4.69) is 31.9 Å². The molecule has 0 amide bonds. The van der Waals surface area contributed by atoms with Gasteiger partial charge in [-0.3, -0.25) is 9.69 Å². The number of rotatable bonds is 2. The molecule has 134 valence electrons. The summed E-state index contributed by atoms with van der Waals surface area (Å²) in [5, 5.41) is 0. The molecule has 3 rings (SSSR count). The van der Waals surface area contributed by atoms with E-state index in [4.69, 9.17) is 0 Å². The second kappa shape index (κ2) is 7.94. The van der Waals surface area contributed by atoms with Gasteiger partial charge in [-0.05, 0) is 86.5 Å². The zero-order chi connectivity index (χ0) is 18.8. The summed E-state index contributed by atoms with van der Waals surface area (Å²) in [6.07, 6.45) is 3.55. The van der Waals surface area contributed by atoms with E-state index in [-0.39, 0.29) is 17.4 Å². The summed E-state index contributed by atoms with van der Waals surface area (Å²) in [6, 6.07) is 9.28. The van der Waals surface area contributed by atoms with Crippen LogP contribution in [0.2, 0.25) is 0 Å². The second-order valence-electron chi connectivity index (χ2n) is 6.19. The molecule has 0 aromatic heterocycles. The first-order chi connectivity index (χ1) is 12.3. The number of ketones is 1. The van der Waals surface area contributed by atoms with Gasteiger partial charge in [0.2, 0.25) is 0 Å². The zero-order valence-electron chi connectivity index (χ0n) is 13.9. The Labute approximate surface area is 167 Å². The highest BCUT2D eigenvalue weighted by Crippen LogP contribution is 2.24. The Morgan fingerprint density at radius 1 is 0.885 bits per heavy atom. The van der Waals surface area contributed by atoms with Crippen LogP contribution in [0.15, 0.2) is 56.5 Å². The molecule has 0 N–H and O–H groups in total.